The van der Waals surface area contributed by atoms with Crippen LogP contribution in [0, 0.1) is 5.41 Å². The lowest BCUT2D eigenvalue weighted by atomic mass is 9.79. The molecule has 5 rings (SSSR count). The van der Waals surface area contributed by atoms with Crippen LogP contribution in [0.3, 0.4) is 0 Å². The summed E-state index contributed by atoms with van der Waals surface area (Å²) in [7, 11) is 0. The monoisotopic (exact) mass is 342 g/mol. The molecule has 0 N–H and O–H groups in total. The van der Waals surface area contributed by atoms with Gasteiger partial charge < -0.3 is 14.2 Å². The Balaban J connectivity index is 1.44. The second-order valence-electron chi connectivity index (χ2n) is 8.81. The Morgan fingerprint density at radius 1 is 1.20 bits per heavy atom. The molecular weight excluding hydrogens is 312 g/mol. The molecule has 3 heteroatoms. The predicted molar refractivity (Wildman–Crippen MR) is 96.7 cm³/mol. The molecule has 3 unspecified atom stereocenters. The van der Waals surface area contributed by atoms with Crippen LogP contribution in [0.25, 0.3) is 0 Å². The molecular formula is C22H30O3. The highest BCUT2D eigenvalue weighted by molar-refractivity contribution is 5.45. The molecule has 3 nitrogen and oxygen atoms in total. The van der Waals surface area contributed by atoms with Gasteiger partial charge in [-0.05, 0) is 37.3 Å². The zero-order valence-corrected chi connectivity index (χ0v) is 15.4. The smallest absolute Gasteiger partial charge is 0.214 e. The first-order valence-electron chi connectivity index (χ1n) is 10.3. The topological polar surface area (TPSA) is 27.7 Å². The minimum atomic E-state index is -0.451. The second kappa shape index (κ2) is 5.99. The molecule has 0 bridgehead atoms. The lowest BCUT2D eigenvalue weighted by molar-refractivity contribution is -0.197. The zero-order valence-electron chi connectivity index (χ0n) is 15.4. The molecule has 0 aromatic heterocycles. The van der Waals surface area contributed by atoms with Crippen molar-refractivity contribution in [1.82, 2.24) is 0 Å². The van der Waals surface area contributed by atoms with Gasteiger partial charge in [-0.25, -0.2) is 0 Å². The fourth-order valence-electron chi connectivity index (χ4n) is 5.69. The van der Waals surface area contributed by atoms with E-state index in [1.807, 2.05) is 0 Å². The molecule has 3 atom stereocenters. The van der Waals surface area contributed by atoms with Crippen LogP contribution in [0.15, 0.2) is 18.2 Å². The van der Waals surface area contributed by atoms with Gasteiger partial charge in [0.15, 0.2) is 0 Å². The van der Waals surface area contributed by atoms with Gasteiger partial charge in [0.2, 0.25) is 5.79 Å². The maximum Gasteiger partial charge on any atom is 0.214 e. The fourth-order valence-corrected chi connectivity index (χ4v) is 5.69. The SMILES string of the molecule is CCCCC1Cc2cccc3c2C(CC2(CC4(CCCC4)CO2)O3)O1. The Bertz CT molecular complexity index is 649. The van der Waals surface area contributed by atoms with Crippen LogP contribution in [0.1, 0.15) is 81.9 Å². The van der Waals surface area contributed by atoms with Gasteiger partial charge in [0.1, 0.15) is 5.75 Å². The summed E-state index contributed by atoms with van der Waals surface area (Å²) in [6, 6.07) is 6.53. The average Bonchev–Trinajstić information content (AvgIpc) is 3.20. The molecule has 1 aliphatic carbocycles. The van der Waals surface area contributed by atoms with E-state index >= 15 is 0 Å². The molecule has 1 aromatic carbocycles. The van der Waals surface area contributed by atoms with E-state index in [-0.39, 0.29) is 6.10 Å². The average molecular weight is 342 g/mol. The summed E-state index contributed by atoms with van der Waals surface area (Å²) in [5.41, 5.74) is 3.10. The molecule has 0 amide bonds. The zero-order chi connectivity index (χ0) is 16.9. The van der Waals surface area contributed by atoms with Gasteiger partial charge in [-0.2, -0.15) is 0 Å². The molecule has 2 spiro atoms. The van der Waals surface area contributed by atoms with Crippen molar-refractivity contribution in [1.29, 1.82) is 0 Å². The van der Waals surface area contributed by atoms with Crippen LogP contribution in [-0.2, 0) is 15.9 Å². The Kier molecular flexibility index (Phi) is 3.87. The Hall–Kier alpha value is -1.06. The van der Waals surface area contributed by atoms with E-state index in [1.54, 1.807) is 0 Å². The van der Waals surface area contributed by atoms with Crippen molar-refractivity contribution in [3.05, 3.63) is 29.3 Å². The molecule has 2 fully saturated rings. The molecule has 3 aliphatic heterocycles. The van der Waals surface area contributed by atoms with Crippen molar-refractivity contribution in [3.8, 4) is 5.75 Å². The highest BCUT2D eigenvalue weighted by Crippen LogP contribution is 2.57. The second-order valence-corrected chi connectivity index (χ2v) is 8.81. The standard InChI is InChI=1S/C22H30O3/c1-2-3-8-17-12-16-7-6-9-18-20(16)19(24-17)13-22(25-18)14-21(15-23-22)10-4-5-11-21/h6-7,9,17,19H,2-5,8,10-15H2,1H3. The molecule has 1 aromatic rings. The lowest BCUT2D eigenvalue weighted by Gasteiger charge is -2.43. The van der Waals surface area contributed by atoms with E-state index in [4.69, 9.17) is 14.2 Å². The Labute approximate surface area is 151 Å². The molecule has 1 saturated carbocycles. The molecule has 1 saturated heterocycles. The van der Waals surface area contributed by atoms with E-state index in [2.05, 4.69) is 25.1 Å². The van der Waals surface area contributed by atoms with Gasteiger partial charge in [0, 0.05) is 23.8 Å². The fraction of sp³-hybridized carbons (Fsp3) is 0.727. The minimum Gasteiger partial charge on any atom is -0.462 e. The van der Waals surface area contributed by atoms with Gasteiger partial charge in [-0.3, -0.25) is 0 Å². The third-order valence-corrected chi connectivity index (χ3v) is 6.90. The van der Waals surface area contributed by atoms with Crippen molar-refractivity contribution in [2.75, 3.05) is 6.61 Å². The first-order valence-corrected chi connectivity index (χ1v) is 10.3. The van der Waals surface area contributed by atoms with Crippen LogP contribution in [-0.4, -0.2) is 18.5 Å². The molecule has 4 aliphatic rings. The van der Waals surface area contributed by atoms with Crippen molar-refractivity contribution in [3.63, 3.8) is 0 Å². The summed E-state index contributed by atoms with van der Waals surface area (Å²) < 4.78 is 19.5. The highest BCUT2D eigenvalue weighted by Gasteiger charge is 2.56. The largest absolute Gasteiger partial charge is 0.462 e. The molecule has 25 heavy (non-hydrogen) atoms. The maximum atomic E-state index is 6.57. The first kappa shape index (κ1) is 16.1. The summed E-state index contributed by atoms with van der Waals surface area (Å²) in [6.07, 6.45) is 12.4. The third kappa shape index (κ3) is 2.71. The number of unbranched alkanes of at least 4 members (excludes halogenated alkanes) is 1. The van der Waals surface area contributed by atoms with E-state index in [0.717, 1.165) is 38.0 Å². The van der Waals surface area contributed by atoms with Crippen LogP contribution >= 0.6 is 0 Å². The first-order chi connectivity index (χ1) is 12.2. The number of rotatable bonds is 3. The van der Waals surface area contributed by atoms with Gasteiger partial charge in [0.05, 0.1) is 18.8 Å². The summed E-state index contributed by atoms with van der Waals surface area (Å²) in [5.74, 6) is 0.561. The van der Waals surface area contributed by atoms with Crippen molar-refractivity contribution in [2.45, 2.75) is 89.1 Å². The summed E-state index contributed by atoms with van der Waals surface area (Å²) in [5, 5.41) is 0. The highest BCUT2D eigenvalue weighted by atomic mass is 16.7. The number of hydrogen-bond acceptors (Lipinski definition) is 3. The van der Waals surface area contributed by atoms with E-state index in [1.165, 1.54) is 49.7 Å². The van der Waals surface area contributed by atoms with Gasteiger partial charge in [0.25, 0.3) is 0 Å². The Morgan fingerprint density at radius 2 is 2.08 bits per heavy atom. The van der Waals surface area contributed by atoms with E-state index in [0.29, 0.717) is 11.5 Å². The minimum absolute atomic E-state index is 0.145. The molecule has 3 heterocycles. The number of hydrogen-bond donors (Lipinski definition) is 0. The van der Waals surface area contributed by atoms with Crippen LogP contribution in [0.4, 0.5) is 0 Å². The predicted octanol–water partition coefficient (Wildman–Crippen LogP) is 5.32. The van der Waals surface area contributed by atoms with Crippen LogP contribution in [0.5, 0.6) is 5.75 Å². The molecule has 0 radical (unpaired) electrons. The van der Waals surface area contributed by atoms with Gasteiger partial charge in [-0.15, -0.1) is 0 Å². The van der Waals surface area contributed by atoms with Crippen molar-refractivity contribution in [2.24, 2.45) is 5.41 Å². The summed E-state index contributed by atoms with van der Waals surface area (Å²) in [4.78, 5) is 0. The van der Waals surface area contributed by atoms with Crippen molar-refractivity contribution < 1.29 is 14.2 Å². The summed E-state index contributed by atoms with van der Waals surface area (Å²) in [6.45, 7) is 3.12. The number of benzene rings is 1. The summed E-state index contributed by atoms with van der Waals surface area (Å²) >= 11 is 0. The normalized spacial score (nSPS) is 35.1. The Morgan fingerprint density at radius 3 is 2.92 bits per heavy atom. The van der Waals surface area contributed by atoms with Crippen molar-refractivity contribution >= 4 is 0 Å². The quantitative estimate of drug-likeness (QED) is 0.744. The van der Waals surface area contributed by atoms with Gasteiger partial charge in [-0.1, -0.05) is 44.7 Å². The molecule has 136 valence electrons. The van der Waals surface area contributed by atoms with Crippen LogP contribution < -0.4 is 4.74 Å². The van der Waals surface area contributed by atoms with Gasteiger partial charge >= 0.3 is 0 Å². The van der Waals surface area contributed by atoms with Crippen LogP contribution in [0.2, 0.25) is 0 Å². The number of ether oxygens (including phenoxy) is 3. The van der Waals surface area contributed by atoms with E-state index < -0.39 is 5.79 Å². The maximum absolute atomic E-state index is 6.57. The lowest BCUT2D eigenvalue weighted by Crippen LogP contribution is -2.44. The van der Waals surface area contributed by atoms with E-state index in [9.17, 15) is 0 Å². The third-order valence-electron chi connectivity index (χ3n) is 6.90.